The first kappa shape index (κ1) is 15.0. The Hall–Kier alpha value is -2.04. The van der Waals surface area contributed by atoms with Crippen molar-refractivity contribution in [3.63, 3.8) is 0 Å². The highest BCUT2D eigenvalue weighted by Gasteiger charge is 2.18. The van der Waals surface area contributed by atoms with E-state index in [0.717, 1.165) is 12.0 Å². The summed E-state index contributed by atoms with van der Waals surface area (Å²) in [6.45, 7) is 2.91. The van der Waals surface area contributed by atoms with Crippen LogP contribution in [0.25, 0.3) is 10.4 Å². The molecule has 102 valence electrons. The largest absolute Gasteiger partial charge is 0.480 e. The van der Waals surface area contributed by atoms with Crippen LogP contribution in [0.4, 0.5) is 0 Å². The SMILES string of the molecule is CCc1ccc(C(NCCCN=[N+]=[N-])C(=O)O)cc1. The summed E-state index contributed by atoms with van der Waals surface area (Å²) in [5.74, 6) is -0.909. The van der Waals surface area contributed by atoms with Crippen molar-refractivity contribution >= 4 is 5.97 Å². The Labute approximate surface area is 112 Å². The Morgan fingerprint density at radius 2 is 2.16 bits per heavy atom. The highest BCUT2D eigenvalue weighted by atomic mass is 16.4. The normalized spacial score (nSPS) is 11.6. The Balaban J connectivity index is 2.60. The van der Waals surface area contributed by atoms with Crippen LogP contribution in [0.1, 0.15) is 30.5 Å². The number of azide groups is 1. The molecular formula is C13H18N4O2. The lowest BCUT2D eigenvalue weighted by molar-refractivity contribution is -0.139. The van der Waals surface area contributed by atoms with Gasteiger partial charge >= 0.3 is 5.97 Å². The van der Waals surface area contributed by atoms with Gasteiger partial charge in [0.15, 0.2) is 0 Å². The predicted molar refractivity (Wildman–Crippen MR) is 72.8 cm³/mol. The van der Waals surface area contributed by atoms with Crippen molar-refractivity contribution in [3.05, 3.63) is 45.8 Å². The number of aryl methyl sites for hydroxylation is 1. The molecule has 0 aliphatic heterocycles. The maximum atomic E-state index is 11.2. The molecule has 0 aliphatic rings. The van der Waals surface area contributed by atoms with Gasteiger partial charge in [0.05, 0.1) is 0 Å². The molecule has 0 saturated carbocycles. The van der Waals surface area contributed by atoms with Gasteiger partial charge in [-0.3, -0.25) is 4.79 Å². The maximum Gasteiger partial charge on any atom is 0.325 e. The minimum atomic E-state index is -0.909. The van der Waals surface area contributed by atoms with Crippen LogP contribution in [0.5, 0.6) is 0 Å². The fraction of sp³-hybridized carbons (Fsp3) is 0.462. The molecule has 1 unspecified atom stereocenters. The monoisotopic (exact) mass is 262 g/mol. The van der Waals surface area contributed by atoms with Gasteiger partial charge in [-0.15, -0.1) is 0 Å². The van der Waals surface area contributed by atoms with Gasteiger partial charge in [0, 0.05) is 11.5 Å². The van der Waals surface area contributed by atoms with Gasteiger partial charge in [0.1, 0.15) is 6.04 Å². The lowest BCUT2D eigenvalue weighted by atomic mass is 10.0. The Kier molecular flexibility index (Phi) is 6.43. The van der Waals surface area contributed by atoms with Crippen LogP contribution in [0.2, 0.25) is 0 Å². The van der Waals surface area contributed by atoms with Crippen molar-refractivity contribution < 1.29 is 9.90 Å². The quantitative estimate of drug-likeness (QED) is 0.326. The maximum absolute atomic E-state index is 11.2. The molecule has 0 saturated heterocycles. The molecular weight excluding hydrogens is 244 g/mol. The second-order valence-corrected chi connectivity index (χ2v) is 4.13. The van der Waals surface area contributed by atoms with Crippen molar-refractivity contribution in [1.82, 2.24) is 5.32 Å². The van der Waals surface area contributed by atoms with E-state index < -0.39 is 12.0 Å². The first-order chi connectivity index (χ1) is 9.19. The zero-order chi connectivity index (χ0) is 14.1. The number of hydrogen-bond acceptors (Lipinski definition) is 3. The summed E-state index contributed by atoms with van der Waals surface area (Å²) in [5.41, 5.74) is 10.0. The molecule has 0 heterocycles. The topological polar surface area (TPSA) is 98.1 Å². The van der Waals surface area contributed by atoms with E-state index in [9.17, 15) is 9.90 Å². The van der Waals surface area contributed by atoms with E-state index in [4.69, 9.17) is 5.53 Å². The Morgan fingerprint density at radius 1 is 1.47 bits per heavy atom. The summed E-state index contributed by atoms with van der Waals surface area (Å²) >= 11 is 0. The second kappa shape index (κ2) is 8.13. The van der Waals surface area contributed by atoms with Gasteiger partial charge in [-0.25, -0.2) is 0 Å². The average Bonchev–Trinajstić information content (AvgIpc) is 2.43. The average molecular weight is 262 g/mol. The standard InChI is InChI=1S/C13H18N4O2/c1-2-10-4-6-11(7-5-10)12(13(18)19)15-8-3-9-16-17-14/h4-7,12,15H,2-3,8-9H2,1H3,(H,18,19). The fourth-order valence-electron chi connectivity index (χ4n) is 1.73. The Morgan fingerprint density at radius 3 is 2.68 bits per heavy atom. The van der Waals surface area contributed by atoms with E-state index in [0.29, 0.717) is 19.5 Å². The van der Waals surface area contributed by atoms with Crippen LogP contribution in [0.3, 0.4) is 0 Å². The van der Waals surface area contributed by atoms with Crippen molar-refractivity contribution in [2.75, 3.05) is 13.1 Å². The van der Waals surface area contributed by atoms with E-state index in [1.165, 1.54) is 5.56 Å². The van der Waals surface area contributed by atoms with E-state index in [2.05, 4.69) is 22.3 Å². The third-order valence-electron chi connectivity index (χ3n) is 2.81. The van der Waals surface area contributed by atoms with E-state index in [1.807, 2.05) is 24.3 Å². The molecule has 6 heteroatoms. The molecule has 2 N–H and O–H groups in total. The summed E-state index contributed by atoms with van der Waals surface area (Å²) in [7, 11) is 0. The van der Waals surface area contributed by atoms with Crippen LogP contribution in [0.15, 0.2) is 29.4 Å². The highest BCUT2D eigenvalue weighted by molar-refractivity contribution is 5.75. The second-order valence-electron chi connectivity index (χ2n) is 4.13. The predicted octanol–water partition coefficient (Wildman–Crippen LogP) is 2.66. The van der Waals surface area contributed by atoms with Gasteiger partial charge in [-0.2, -0.15) is 0 Å². The molecule has 6 nitrogen and oxygen atoms in total. The molecule has 1 aromatic carbocycles. The molecule has 1 aromatic rings. The number of carboxylic acids is 1. The number of carbonyl (C=O) groups is 1. The zero-order valence-electron chi connectivity index (χ0n) is 10.9. The summed E-state index contributed by atoms with van der Waals surface area (Å²) in [6, 6.07) is 6.81. The molecule has 19 heavy (non-hydrogen) atoms. The van der Waals surface area contributed by atoms with Crippen molar-refractivity contribution in [1.29, 1.82) is 0 Å². The molecule has 0 radical (unpaired) electrons. The molecule has 0 amide bonds. The highest BCUT2D eigenvalue weighted by Crippen LogP contribution is 2.14. The van der Waals surface area contributed by atoms with Gasteiger partial charge in [0.25, 0.3) is 0 Å². The number of nitrogens with one attached hydrogen (secondary N) is 1. The van der Waals surface area contributed by atoms with Gasteiger partial charge in [-0.1, -0.05) is 36.3 Å². The summed E-state index contributed by atoms with van der Waals surface area (Å²) in [4.78, 5) is 13.9. The number of nitrogens with zero attached hydrogens (tertiary/aromatic N) is 3. The minimum absolute atomic E-state index is 0.366. The number of rotatable bonds is 8. The number of hydrogen-bond donors (Lipinski definition) is 2. The molecule has 1 atom stereocenters. The van der Waals surface area contributed by atoms with Crippen LogP contribution in [-0.4, -0.2) is 24.2 Å². The number of carboxylic acid groups (broad SMARTS) is 1. The molecule has 0 fully saturated rings. The first-order valence-corrected chi connectivity index (χ1v) is 6.25. The van der Waals surface area contributed by atoms with Gasteiger partial charge in [0.2, 0.25) is 0 Å². The fourth-order valence-corrected chi connectivity index (χ4v) is 1.73. The van der Waals surface area contributed by atoms with Crippen LogP contribution < -0.4 is 5.32 Å². The van der Waals surface area contributed by atoms with Gasteiger partial charge < -0.3 is 10.4 Å². The first-order valence-electron chi connectivity index (χ1n) is 6.25. The number of benzene rings is 1. The van der Waals surface area contributed by atoms with Crippen LogP contribution in [-0.2, 0) is 11.2 Å². The summed E-state index contributed by atoms with van der Waals surface area (Å²) in [6.07, 6.45) is 1.54. The van der Waals surface area contributed by atoms with E-state index in [1.54, 1.807) is 0 Å². The van der Waals surface area contributed by atoms with Gasteiger partial charge in [-0.05, 0) is 36.0 Å². The smallest absolute Gasteiger partial charge is 0.325 e. The molecule has 0 spiro atoms. The van der Waals surface area contributed by atoms with Crippen molar-refractivity contribution in [2.24, 2.45) is 5.11 Å². The Bertz CT molecular complexity index is 452. The molecule has 0 bridgehead atoms. The lowest BCUT2D eigenvalue weighted by Gasteiger charge is -2.14. The molecule has 0 aliphatic carbocycles. The summed E-state index contributed by atoms with van der Waals surface area (Å²) < 4.78 is 0. The van der Waals surface area contributed by atoms with Crippen LogP contribution >= 0.6 is 0 Å². The third kappa shape index (κ3) is 4.99. The summed E-state index contributed by atoms with van der Waals surface area (Å²) in [5, 5.41) is 15.6. The zero-order valence-corrected chi connectivity index (χ0v) is 10.9. The van der Waals surface area contributed by atoms with E-state index in [-0.39, 0.29) is 0 Å². The van der Waals surface area contributed by atoms with Crippen LogP contribution in [0, 0.1) is 0 Å². The van der Waals surface area contributed by atoms with Crippen molar-refractivity contribution in [2.45, 2.75) is 25.8 Å². The minimum Gasteiger partial charge on any atom is -0.480 e. The molecule has 1 rings (SSSR count). The third-order valence-corrected chi connectivity index (χ3v) is 2.81. The van der Waals surface area contributed by atoms with Crippen molar-refractivity contribution in [3.8, 4) is 0 Å². The molecule has 0 aromatic heterocycles. The number of aliphatic carboxylic acids is 1. The lowest BCUT2D eigenvalue weighted by Crippen LogP contribution is -2.29. The van der Waals surface area contributed by atoms with E-state index >= 15 is 0 Å².